The number of carboxylic acids is 1. The Hall–Kier alpha value is -2.23. The summed E-state index contributed by atoms with van der Waals surface area (Å²) in [7, 11) is 0. The highest BCUT2D eigenvalue weighted by atomic mass is 16.5. The van der Waals surface area contributed by atoms with E-state index in [1.54, 1.807) is 6.07 Å². The first kappa shape index (κ1) is 16.6. The molecule has 1 unspecified atom stereocenters. The molecule has 0 fully saturated rings. The van der Waals surface area contributed by atoms with E-state index in [0.29, 0.717) is 29.1 Å². The molecule has 0 bridgehead atoms. The maximum Gasteiger partial charge on any atom is 0.339 e. The molecule has 0 radical (unpaired) electrons. The number of hydrogen-bond donors (Lipinski definition) is 2. The molecular formula is C20H24O4. The fraction of sp³-hybridized carbons (Fsp3) is 0.450. The first-order chi connectivity index (χ1) is 11.5. The Morgan fingerprint density at radius 1 is 1.42 bits per heavy atom. The van der Waals surface area contributed by atoms with Crippen molar-refractivity contribution in [2.75, 3.05) is 0 Å². The molecule has 2 atom stereocenters. The number of carbonyl (C=O) groups is 1. The number of fused-ring (bicyclic) bond motifs is 3. The number of aromatic carboxylic acids is 1. The van der Waals surface area contributed by atoms with Crippen molar-refractivity contribution in [3.8, 4) is 11.5 Å². The van der Waals surface area contributed by atoms with Gasteiger partial charge >= 0.3 is 5.97 Å². The molecule has 2 N–H and O–H groups in total. The van der Waals surface area contributed by atoms with Gasteiger partial charge in [-0.3, -0.25) is 0 Å². The standard InChI is InChI=1S/C20H24O4/c1-3-4-5-8-13-11-16-18(19(21)17(13)20(22)23)15-10-7-6-9-14(15)12(2)24-16/h7,10-11,14-15,21H,2-6,8-9H2,1H3,(H,22,23)/t14-,15?/m0/s1. The smallest absolute Gasteiger partial charge is 0.339 e. The number of aryl methyl sites for hydroxylation is 1. The van der Waals surface area contributed by atoms with Crippen molar-refractivity contribution in [1.29, 1.82) is 0 Å². The van der Waals surface area contributed by atoms with Crippen LogP contribution in [0.5, 0.6) is 11.5 Å². The number of phenols is 1. The van der Waals surface area contributed by atoms with Crippen LogP contribution in [0.15, 0.2) is 30.6 Å². The van der Waals surface area contributed by atoms with Crippen LogP contribution >= 0.6 is 0 Å². The number of ether oxygens (including phenoxy) is 1. The Labute approximate surface area is 142 Å². The van der Waals surface area contributed by atoms with E-state index < -0.39 is 5.97 Å². The maximum absolute atomic E-state index is 11.7. The average Bonchev–Trinajstić information content (AvgIpc) is 2.54. The molecule has 4 heteroatoms. The van der Waals surface area contributed by atoms with Crippen molar-refractivity contribution >= 4 is 5.97 Å². The van der Waals surface area contributed by atoms with E-state index in [-0.39, 0.29) is 23.1 Å². The Morgan fingerprint density at radius 2 is 2.21 bits per heavy atom. The Morgan fingerprint density at radius 3 is 2.92 bits per heavy atom. The Bertz CT molecular complexity index is 702. The molecule has 3 rings (SSSR count). The molecule has 0 aromatic heterocycles. The van der Waals surface area contributed by atoms with Crippen LogP contribution in [-0.2, 0) is 6.42 Å². The molecule has 0 spiro atoms. The van der Waals surface area contributed by atoms with Crippen LogP contribution in [0.4, 0.5) is 0 Å². The van der Waals surface area contributed by atoms with E-state index in [9.17, 15) is 15.0 Å². The van der Waals surface area contributed by atoms with Gasteiger partial charge in [-0.1, -0.05) is 38.5 Å². The summed E-state index contributed by atoms with van der Waals surface area (Å²) in [5, 5.41) is 20.4. The zero-order valence-electron chi connectivity index (χ0n) is 14.0. The number of carboxylic acid groups (broad SMARTS) is 1. The Kier molecular flexibility index (Phi) is 4.65. The lowest BCUT2D eigenvalue weighted by molar-refractivity contribution is 0.0692. The second-order valence-corrected chi connectivity index (χ2v) is 6.64. The molecule has 0 saturated heterocycles. The monoisotopic (exact) mass is 328 g/mol. The van der Waals surface area contributed by atoms with E-state index in [4.69, 9.17) is 4.74 Å². The van der Waals surface area contributed by atoms with E-state index in [1.807, 2.05) is 6.08 Å². The number of aromatic hydroxyl groups is 1. The molecular weight excluding hydrogens is 304 g/mol. The normalized spacial score (nSPS) is 21.8. The van der Waals surface area contributed by atoms with E-state index >= 15 is 0 Å². The molecule has 1 aliphatic carbocycles. The van der Waals surface area contributed by atoms with Crippen LogP contribution in [0.25, 0.3) is 0 Å². The summed E-state index contributed by atoms with van der Waals surface area (Å²) in [5.74, 6) is 0.0856. The topological polar surface area (TPSA) is 66.8 Å². The molecule has 1 aromatic carbocycles. The predicted octanol–water partition coefficient (Wildman–Crippen LogP) is 4.78. The highest BCUT2D eigenvalue weighted by Crippen LogP contribution is 2.51. The minimum atomic E-state index is -1.08. The highest BCUT2D eigenvalue weighted by molar-refractivity contribution is 5.94. The van der Waals surface area contributed by atoms with Gasteiger partial charge in [-0.15, -0.1) is 0 Å². The quantitative estimate of drug-likeness (QED) is 0.603. The number of hydrogen-bond acceptors (Lipinski definition) is 3. The lowest BCUT2D eigenvalue weighted by Crippen LogP contribution is -2.25. The molecule has 1 aromatic rings. The van der Waals surface area contributed by atoms with Gasteiger partial charge in [-0.2, -0.15) is 0 Å². The van der Waals surface area contributed by atoms with Crippen LogP contribution in [0.2, 0.25) is 0 Å². The molecule has 4 nitrogen and oxygen atoms in total. The largest absolute Gasteiger partial charge is 0.507 e. The van der Waals surface area contributed by atoms with Gasteiger partial charge in [0, 0.05) is 17.4 Å². The number of rotatable bonds is 5. The first-order valence-corrected chi connectivity index (χ1v) is 8.69. The zero-order valence-corrected chi connectivity index (χ0v) is 14.0. The van der Waals surface area contributed by atoms with E-state index in [2.05, 4.69) is 19.6 Å². The zero-order chi connectivity index (χ0) is 17.3. The SMILES string of the molecule is C=C1Oc2cc(CCCCC)c(C(=O)O)c(O)c2C2C=CCC[C@@H]12. The van der Waals surface area contributed by atoms with Crippen molar-refractivity contribution in [1.82, 2.24) is 0 Å². The lowest BCUT2D eigenvalue weighted by atomic mass is 9.75. The molecule has 2 aliphatic rings. The summed E-state index contributed by atoms with van der Waals surface area (Å²) in [6.07, 6.45) is 9.57. The first-order valence-electron chi connectivity index (χ1n) is 8.69. The fourth-order valence-corrected chi connectivity index (χ4v) is 3.83. The van der Waals surface area contributed by atoms with Crippen molar-refractivity contribution in [3.05, 3.63) is 47.2 Å². The number of unbranched alkanes of at least 4 members (excludes halogenated alkanes) is 2. The van der Waals surface area contributed by atoms with E-state index in [1.165, 1.54) is 0 Å². The third-order valence-electron chi connectivity index (χ3n) is 5.06. The molecule has 1 heterocycles. The summed E-state index contributed by atoms with van der Waals surface area (Å²) in [6.45, 7) is 6.14. The van der Waals surface area contributed by atoms with Crippen LogP contribution in [0, 0.1) is 5.92 Å². The predicted molar refractivity (Wildman–Crippen MR) is 92.7 cm³/mol. The van der Waals surface area contributed by atoms with E-state index in [0.717, 1.165) is 32.1 Å². The van der Waals surface area contributed by atoms with Crippen molar-refractivity contribution in [3.63, 3.8) is 0 Å². The summed E-state index contributed by atoms with van der Waals surface area (Å²) < 4.78 is 5.88. The summed E-state index contributed by atoms with van der Waals surface area (Å²) in [6, 6.07) is 1.79. The van der Waals surface area contributed by atoms with Crippen molar-refractivity contribution in [2.24, 2.45) is 5.92 Å². The van der Waals surface area contributed by atoms with Crippen LogP contribution in [-0.4, -0.2) is 16.2 Å². The molecule has 0 saturated carbocycles. The van der Waals surface area contributed by atoms with Gasteiger partial charge in [0.1, 0.15) is 22.8 Å². The minimum Gasteiger partial charge on any atom is -0.507 e. The summed E-state index contributed by atoms with van der Waals surface area (Å²) in [4.78, 5) is 11.7. The average molecular weight is 328 g/mol. The molecule has 128 valence electrons. The summed E-state index contributed by atoms with van der Waals surface area (Å²) >= 11 is 0. The second-order valence-electron chi connectivity index (χ2n) is 6.64. The minimum absolute atomic E-state index is 0.0266. The molecule has 1 aliphatic heterocycles. The third kappa shape index (κ3) is 2.81. The van der Waals surface area contributed by atoms with Gasteiger partial charge in [0.15, 0.2) is 0 Å². The maximum atomic E-state index is 11.7. The fourth-order valence-electron chi connectivity index (χ4n) is 3.83. The third-order valence-corrected chi connectivity index (χ3v) is 5.06. The highest BCUT2D eigenvalue weighted by Gasteiger charge is 2.38. The van der Waals surface area contributed by atoms with Crippen molar-refractivity contribution in [2.45, 2.75) is 51.4 Å². The van der Waals surface area contributed by atoms with Gasteiger partial charge in [-0.25, -0.2) is 4.79 Å². The second kappa shape index (κ2) is 6.71. The van der Waals surface area contributed by atoms with Crippen LogP contribution in [0.3, 0.4) is 0 Å². The summed E-state index contributed by atoms with van der Waals surface area (Å²) in [5.41, 5.74) is 1.26. The van der Waals surface area contributed by atoms with Crippen LogP contribution < -0.4 is 4.74 Å². The lowest BCUT2D eigenvalue weighted by Gasteiger charge is -2.36. The molecule has 24 heavy (non-hydrogen) atoms. The number of benzene rings is 1. The van der Waals surface area contributed by atoms with Gasteiger partial charge in [0.2, 0.25) is 0 Å². The van der Waals surface area contributed by atoms with Gasteiger partial charge < -0.3 is 14.9 Å². The molecule has 0 amide bonds. The van der Waals surface area contributed by atoms with Gasteiger partial charge in [0.25, 0.3) is 0 Å². The van der Waals surface area contributed by atoms with Gasteiger partial charge in [-0.05, 0) is 37.3 Å². The van der Waals surface area contributed by atoms with Crippen LogP contribution in [0.1, 0.15) is 66.4 Å². The van der Waals surface area contributed by atoms with Gasteiger partial charge in [0.05, 0.1) is 0 Å². The van der Waals surface area contributed by atoms with Crippen molar-refractivity contribution < 1.29 is 19.7 Å². The Balaban J connectivity index is 2.10. The number of allylic oxidation sites excluding steroid dienone is 3.